The molecule has 0 aliphatic heterocycles. The van der Waals surface area contributed by atoms with Crippen molar-refractivity contribution in [2.45, 2.75) is 6.54 Å². The second-order valence-corrected chi connectivity index (χ2v) is 2.25. The lowest BCUT2D eigenvalue weighted by molar-refractivity contribution is 0.0588. The van der Waals surface area contributed by atoms with Gasteiger partial charge in [-0.25, -0.2) is 9.78 Å². The lowest BCUT2D eigenvalue weighted by atomic mass is 10.4. The number of carbonyl (C=O) groups excluding carboxylic acids is 1. The zero-order valence-corrected chi connectivity index (χ0v) is 6.86. The Hall–Kier alpha value is -1.36. The van der Waals surface area contributed by atoms with Crippen molar-refractivity contribution in [1.29, 1.82) is 0 Å². The molecule has 12 heavy (non-hydrogen) atoms. The quantitative estimate of drug-likeness (QED) is 0.626. The minimum atomic E-state index is -0.388. The molecule has 0 spiro atoms. The number of aromatic nitrogens is 2. The number of hydrogen-bond donors (Lipinski definition) is 1. The molecule has 0 fully saturated rings. The van der Waals surface area contributed by atoms with Gasteiger partial charge in [0.2, 0.25) is 0 Å². The maximum Gasteiger partial charge on any atom is 0.356 e. The summed E-state index contributed by atoms with van der Waals surface area (Å²) in [5.41, 5.74) is 5.76. The monoisotopic (exact) mass is 169 g/mol. The Morgan fingerprint density at radius 3 is 3.17 bits per heavy atom. The van der Waals surface area contributed by atoms with Gasteiger partial charge in [0.25, 0.3) is 0 Å². The van der Waals surface area contributed by atoms with Crippen molar-refractivity contribution in [2.75, 3.05) is 13.7 Å². The van der Waals surface area contributed by atoms with Crippen molar-refractivity contribution < 1.29 is 9.53 Å². The van der Waals surface area contributed by atoms with E-state index < -0.39 is 0 Å². The topological polar surface area (TPSA) is 70.1 Å². The van der Waals surface area contributed by atoms with Gasteiger partial charge in [-0.3, -0.25) is 0 Å². The minimum absolute atomic E-state index is 0.388. The zero-order valence-electron chi connectivity index (χ0n) is 6.86. The summed E-state index contributed by atoms with van der Waals surface area (Å²) in [5, 5.41) is 0. The van der Waals surface area contributed by atoms with E-state index in [1.807, 2.05) is 0 Å². The highest BCUT2D eigenvalue weighted by molar-refractivity contribution is 5.87. The van der Waals surface area contributed by atoms with E-state index in [-0.39, 0.29) is 5.97 Å². The number of carbonyl (C=O) groups is 1. The highest BCUT2D eigenvalue weighted by Crippen LogP contribution is 1.99. The predicted octanol–water partition coefficient (Wildman–Crippen LogP) is -0.372. The molecule has 1 heterocycles. The molecule has 0 aliphatic carbocycles. The van der Waals surface area contributed by atoms with Crippen molar-refractivity contribution in [2.24, 2.45) is 5.73 Å². The second-order valence-electron chi connectivity index (χ2n) is 2.25. The fourth-order valence-corrected chi connectivity index (χ4v) is 0.913. The van der Waals surface area contributed by atoms with Crippen LogP contribution in [0.25, 0.3) is 0 Å². The van der Waals surface area contributed by atoms with Crippen LogP contribution in [0.4, 0.5) is 0 Å². The molecule has 0 aromatic carbocycles. The maximum absolute atomic E-state index is 11.0. The van der Waals surface area contributed by atoms with Gasteiger partial charge in [-0.2, -0.15) is 0 Å². The summed E-state index contributed by atoms with van der Waals surface area (Å²) in [6, 6.07) is 0. The lowest BCUT2D eigenvalue weighted by Gasteiger charge is -2.03. The van der Waals surface area contributed by atoms with Crippen LogP contribution in [-0.2, 0) is 11.3 Å². The molecule has 1 rings (SSSR count). The summed E-state index contributed by atoms with van der Waals surface area (Å²) in [6.07, 6.45) is 3.01. The first-order chi connectivity index (χ1) is 5.79. The van der Waals surface area contributed by atoms with E-state index in [2.05, 4.69) is 9.72 Å². The average molecular weight is 169 g/mol. The Balaban J connectivity index is 2.83. The molecule has 0 unspecified atom stereocenters. The van der Waals surface area contributed by atoms with Crippen LogP contribution in [0.1, 0.15) is 10.5 Å². The van der Waals surface area contributed by atoms with Gasteiger partial charge in [0.15, 0.2) is 0 Å². The number of hydrogen-bond acceptors (Lipinski definition) is 4. The Morgan fingerprint density at radius 2 is 2.58 bits per heavy atom. The smallest absolute Gasteiger partial charge is 0.356 e. The third kappa shape index (κ3) is 1.62. The number of nitrogens with zero attached hydrogens (tertiary/aromatic N) is 2. The molecule has 0 aliphatic rings. The average Bonchev–Trinajstić information content (AvgIpc) is 2.52. The molecular weight excluding hydrogens is 158 g/mol. The lowest BCUT2D eigenvalue weighted by Crippen LogP contribution is -2.15. The molecule has 5 nitrogen and oxygen atoms in total. The molecule has 0 bridgehead atoms. The van der Waals surface area contributed by atoms with Gasteiger partial charge in [-0.1, -0.05) is 0 Å². The van der Waals surface area contributed by atoms with E-state index in [9.17, 15) is 4.79 Å². The number of nitrogens with two attached hydrogens (primary N) is 1. The summed E-state index contributed by atoms with van der Waals surface area (Å²) in [4.78, 5) is 14.9. The Bertz CT molecular complexity index is 269. The van der Waals surface area contributed by atoms with E-state index >= 15 is 0 Å². The number of ether oxygens (including phenoxy) is 1. The summed E-state index contributed by atoms with van der Waals surface area (Å²) >= 11 is 0. The molecule has 1 aromatic rings. The van der Waals surface area contributed by atoms with Crippen LogP contribution in [0.15, 0.2) is 12.5 Å². The first-order valence-corrected chi connectivity index (χ1v) is 3.58. The number of imidazole rings is 1. The van der Waals surface area contributed by atoms with Crippen molar-refractivity contribution in [3.05, 3.63) is 18.2 Å². The van der Waals surface area contributed by atoms with Crippen LogP contribution in [0.2, 0.25) is 0 Å². The first-order valence-electron chi connectivity index (χ1n) is 3.58. The highest BCUT2D eigenvalue weighted by Gasteiger charge is 2.10. The van der Waals surface area contributed by atoms with E-state index in [1.54, 1.807) is 10.9 Å². The van der Waals surface area contributed by atoms with E-state index in [1.165, 1.54) is 13.3 Å². The van der Waals surface area contributed by atoms with Crippen molar-refractivity contribution in [3.8, 4) is 0 Å². The minimum Gasteiger partial charge on any atom is -0.464 e. The first kappa shape index (κ1) is 8.73. The van der Waals surface area contributed by atoms with E-state index in [0.717, 1.165) is 0 Å². The van der Waals surface area contributed by atoms with Crippen molar-refractivity contribution in [1.82, 2.24) is 9.55 Å². The van der Waals surface area contributed by atoms with Gasteiger partial charge >= 0.3 is 5.97 Å². The molecule has 0 saturated heterocycles. The largest absolute Gasteiger partial charge is 0.464 e. The van der Waals surface area contributed by atoms with Gasteiger partial charge < -0.3 is 15.0 Å². The number of methoxy groups -OCH3 is 1. The Labute approximate surface area is 70.1 Å². The van der Waals surface area contributed by atoms with Crippen LogP contribution >= 0.6 is 0 Å². The summed E-state index contributed by atoms with van der Waals surface area (Å²) in [6.45, 7) is 1.05. The van der Waals surface area contributed by atoms with Gasteiger partial charge in [-0.05, 0) is 0 Å². The molecule has 0 radical (unpaired) electrons. The van der Waals surface area contributed by atoms with Gasteiger partial charge in [0.1, 0.15) is 5.69 Å². The molecule has 0 saturated carbocycles. The summed E-state index contributed by atoms with van der Waals surface area (Å²) in [7, 11) is 1.34. The van der Waals surface area contributed by atoms with Crippen LogP contribution in [0.5, 0.6) is 0 Å². The Morgan fingerprint density at radius 1 is 1.83 bits per heavy atom. The third-order valence-electron chi connectivity index (χ3n) is 1.48. The van der Waals surface area contributed by atoms with Crippen LogP contribution in [0, 0.1) is 0 Å². The fourth-order valence-electron chi connectivity index (χ4n) is 0.913. The van der Waals surface area contributed by atoms with Crippen molar-refractivity contribution in [3.63, 3.8) is 0 Å². The SMILES string of the molecule is COC(=O)c1cncn1CCN. The molecule has 66 valence electrons. The number of rotatable bonds is 3. The number of esters is 1. The molecule has 0 amide bonds. The normalized spacial score (nSPS) is 9.83. The van der Waals surface area contributed by atoms with Gasteiger partial charge in [0.05, 0.1) is 19.6 Å². The van der Waals surface area contributed by atoms with Crippen LogP contribution < -0.4 is 5.73 Å². The fraction of sp³-hybridized carbons (Fsp3) is 0.429. The molecule has 1 aromatic heterocycles. The Kier molecular flexibility index (Phi) is 2.82. The standard InChI is InChI=1S/C7H11N3O2/c1-12-7(11)6-4-9-5-10(6)3-2-8/h4-5H,2-3,8H2,1H3. The summed E-state index contributed by atoms with van der Waals surface area (Å²) in [5.74, 6) is -0.388. The molecule has 0 atom stereocenters. The van der Waals surface area contributed by atoms with Crippen LogP contribution in [-0.4, -0.2) is 29.2 Å². The van der Waals surface area contributed by atoms with Crippen LogP contribution in [0.3, 0.4) is 0 Å². The van der Waals surface area contributed by atoms with Gasteiger partial charge in [0, 0.05) is 13.1 Å². The maximum atomic E-state index is 11.0. The third-order valence-corrected chi connectivity index (χ3v) is 1.48. The molecular formula is C7H11N3O2. The van der Waals surface area contributed by atoms with E-state index in [0.29, 0.717) is 18.8 Å². The van der Waals surface area contributed by atoms with Gasteiger partial charge in [-0.15, -0.1) is 0 Å². The molecule has 2 N–H and O–H groups in total. The highest BCUT2D eigenvalue weighted by atomic mass is 16.5. The van der Waals surface area contributed by atoms with E-state index in [4.69, 9.17) is 5.73 Å². The second kappa shape index (κ2) is 3.87. The van der Waals surface area contributed by atoms with Crippen molar-refractivity contribution >= 4 is 5.97 Å². The summed E-state index contributed by atoms with van der Waals surface area (Å²) < 4.78 is 6.20. The predicted molar refractivity (Wildman–Crippen MR) is 42.6 cm³/mol. The zero-order chi connectivity index (χ0) is 8.97. The molecule has 5 heteroatoms.